The number of alkyl halides is 4. The van der Waals surface area contributed by atoms with Gasteiger partial charge >= 0.3 is 6.36 Å². The van der Waals surface area contributed by atoms with Gasteiger partial charge in [0.15, 0.2) is 5.75 Å². The van der Waals surface area contributed by atoms with Crippen molar-refractivity contribution in [3.05, 3.63) is 22.2 Å². The van der Waals surface area contributed by atoms with E-state index < -0.39 is 12.1 Å². The van der Waals surface area contributed by atoms with E-state index in [-0.39, 0.29) is 15.8 Å². The predicted octanol–water partition coefficient (Wildman–Crippen LogP) is 5.06. The van der Waals surface area contributed by atoms with Crippen LogP contribution in [0.25, 0.3) is 0 Å². The van der Waals surface area contributed by atoms with Crippen LogP contribution in [0.15, 0.2) is 12.1 Å². The molecule has 0 heterocycles. The Labute approximate surface area is 120 Å². The van der Waals surface area contributed by atoms with E-state index >= 15 is 0 Å². The van der Waals surface area contributed by atoms with Gasteiger partial charge in [-0.15, -0.1) is 13.2 Å². The van der Waals surface area contributed by atoms with E-state index in [1.54, 1.807) is 0 Å². The SMILES string of the molecule is FC(F)(F)Oc1cc(Cl)c(OCCCBr)c(Cl)c1. The molecule has 0 amide bonds. The minimum Gasteiger partial charge on any atom is -0.490 e. The largest absolute Gasteiger partial charge is 0.573 e. The summed E-state index contributed by atoms with van der Waals surface area (Å²) in [5.41, 5.74) is 0. The second-order valence-electron chi connectivity index (χ2n) is 3.15. The van der Waals surface area contributed by atoms with E-state index in [2.05, 4.69) is 20.7 Å². The summed E-state index contributed by atoms with van der Waals surface area (Å²) in [7, 11) is 0. The minimum atomic E-state index is -4.79. The molecule has 0 aliphatic heterocycles. The van der Waals surface area contributed by atoms with Gasteiger partial charge in [-0.2, -0.15) is 0 Å². The lowest BCUT2D eigenvalue weighted by Crippen LogP contribution is -2.17. The fraction of sp³-hybridized carbons (Fsp3) is 0.400. The molecule has 1 aromatic carbocycles. The molecule has 18 heavy (non-hydrogen) atoms. The zero-order valence-electron chi connectivity index (χ0n) is 8.86. The van der Waals surface area contributed by atoms with Gasteiger partial charge in [0.2, 0.25) is 0 Å². The highest BCUT2D eigenvalue weighted by Gasteiger charge is 2.31. The maximum atomic E-state index is 12.0. The van der Waals surface area contributed by atoms with E-state index in [1.165, 1.54) is 0 Å². The Hall–Kier alpha value is -0.330. The second kappa shape index (κ2) is 6.73. The molecule has 1 aromatic rings. The number of hydrogen-bond donors (Lipinski definition) is 0. The molecule has 102 valence electrons. The Balaban J connectivity index is 2.84. The lowest BCUT2D eigenvalue weighted by atomic mass is 10.3. The van der Waals surface area contributed by atoms with Gasteiger partial charge in [-0.25, -0.2) is 0 Å². The summed E-state index contributed by atoms with van der Waals surface area (Å²) in [6.07, 6.45) is -4.07. The summed E-state index contributed by atoms with van der Waals surface area (Å²) >= 11 is 14.8. The molecule has 0 saturated heterocycles. The normalized spacial score (nSPS) is 11.4. The van der Waals surface area contributed by atoms with Crippen LogP contribution in [-0.2, 0) is 0 Å². The third-order valence-electron chi connectivity index (χ3n) is 1.73. The standard InChI is InChI=1S/C10H8BrCl2F3O2/c11-2-1-3-17-9-7(12)4-6(5-8(9)13)18-10(14,15)16/h4-5H,1-3H2. The first-order valence-corrected chi connectivity index (χ1v) is 6.65. The first-order valence-electron chi connectivity index (χ1n) is 4.77. The third-order valence-corrected chi connectivity index (χ3v) is 2.85. The van der Waals surface area contributed by atoms with Crippen LogP contribution in [0.2, 0.25) is 10.0 Å². The van der Waals surface area contributed by atoms with Gasteiger partial charge in [0.25, 0.3) is 0 Å². The lowest BCUT2D eigenvalue weighted by molar-refractivity contribution is -0.274. The van der Waals surface area contributed by atoms with E-state index in [0.717, 1.165) is 17.5 Å². The molecular weight excluding hydrogens is 360 g/mol. The van der Waals surface area contributed by atoms with Gasteiger partial charge < -0.3 is 9.47 Å². The summed E-state index contributed by atoms with van der Waals surface area (Å²) in [5.74, 6) is -0.334. The van der Waals surface area contributed by atoms with Crippen LogP contribution in [0, 0.1) is 0 Å². The quantitative estimate of drug-likeness (QED) is 0.535. The van der Waals surface area contributed by atoms with Crippen LogP contribution in [0.3, 0.4) is 0 Å². The molecule has 0 fully saturated rings. The van der Waals surface area contributed by atoms with Gasteiger partial charge in [-0.3, -0.25) is 0 Å². The van der Waals surface area contributed by atoms with Crippen LogP contribution < -0.4 is 9.47 Å². The zero-order chi connectivity index (χ0) is 13.8. The molecule has 0 unspecified atom stereocenters. The highest BCUT2D eigenvalue weighted by molar-refractivity contribution is 9.09. The van der Waals surface area contributed by atoms with Crippen LogP contribution in [0.1, 0.15) is 6.42 Å². The highest BCUT2D eigenvalue weighted by Crippen LogP contribution is 2.38. The van der Waals surface area contributed by atoms with Crippen molar-refractivity contribution in [2.75, 3.05) is 11.9 Å². The third kappa shape index (κ3) is 5.12. The molecule has 1 rings (SSSR count). The summed E-state index contributed by atoms with van der Waals surface area (Å²) in [6, 6.07) is 2.01. The Bertz CT molecular complexity index is 390. The number of rotatable bonds is 5. The van der Waals surface area contributed by atoms with Gasteiger partial charge in [-0.1, -0.05) is 39.1 Å². The maximum absolute atomic E-state index is 12.0. The molecule has 0 aromatic heterocycles. The molecule has 0 aliphatic rings. The molecule has 0 spiro atoms. The van der Waals surface area contributed by atoms with Crippen molar-refractivity contribution in [1.29, 1.82) is 0 Å². The Morgan fingerprint density at radius 3 is 2.17 bits per heavy atom. The first kappa shape index (κ1) is 15.7. The molecule has 0 aliphatic carbocycles. The monoisotopic (exact) mass is 366 g/mol. The molecule has 2 nitrogen and oxygen atoms in total. The van der Waals surface area contributed by atoms with Crippen LogP contribution >= 0.6 is 39.1 Å². The van der Waals surface area contributed by atoms with Crippen molar-refractivity contribution in [3.63, 3.8) is 0 Å². The Kier molecular flexibility index (Phi) is 5.88. The maximum Gasteiger partial charge on any atom is 0.573 e. The van der Waals surface area contributed by atoms with Crippen molar-refractivity contribution in [3.8, 4) is 11.5 Å². The van der Waals surface area contributed by atoms with Crippen molar-refractivity contribution >= 4 is 39.1 Å². The smallest absolute Gasteiger partial charge is 0.490 e. The molecule has 0 atom stereocenters. The van der Waals surface area contributed by atoms with Crippen molar-refractivity contribution < 1.29 is 22.6 Å². The number of halogens is 6. The number of hydrogen-bond acceptors (Lipinski definition) is 2. The second-order valence-corrected chi connectivity index (χ2v) is 4.76. The Morgan fingerprint density at radius 1 is 1.17 bits per heavy atom. The zero-order valence-corrected chi connectivity index (χ0v) is 12.0. The van der Waals surface area contributed by atoms with Gasteiger partial charge in [0.05, 0.1) is 16.7 Å². The average molecular weight is 368 g/mol. The van der Waals surface area contributed by atoms with Crippen molar-refractivity contribution in [2.45, 2.75) is 12.8 Å². The fourth-order valence-corrected chi connectivity index (χ4v) is 1.90. The minimum absolute atomic E-state index is 0.0312. The highest BCUT2D eigenvalue weighted by atomic mass is 79.9. The lowest BCUT2D eigenvalue weighted by Gasteiger charge is -2.13. The number of benzene rings is 1. The van der Waals surface area contributed by atoms with Gasteiger partial charge in [0.1, 0.15) is 5.75 Å². The van der Waals surface area contributed by atoms with Crippen LogP contribution in [-0.4, -0.2) is 18.3 Å². The average Bonchev–Trinajstić information content (AvgIpc) is 2.19. The van der Waals surface area contributed by atoms with Gasteiger partial charge in [0, 0.05) is 17.5 Å². The van der Waals surface area contributed by atoms with E-state index in [0.29, 0.717) is 13.0 Å². The summed E-state index contributed by atoms with van der Waals surface area (Å²) in [4.78, 5) is 0. The van der Waals surface area contributed by atoms with Crippen LogP contribution in [0.4, 0.5) is 13.2 Å². The first-order chi connectivity index (χ1) is 8.33. The van der Waals surface area contributed by atoms with Crippen LogP contribution in [0.5, 0.6) is 11.5 Å². The Morgan fingerprint density at radius 2 is 1.72 bits per heavy atom. The summed E-state index contributed by atoms with van der Waals surface area (Å²) in [5, 5.41) is 0.671. The van der Waals surface area contributed by atoms with Crippen molar-refractivity contribution in [1.82, 2.24) is 0 Å². The topological polar surface area (TPSA) is 18.5 Å². The number of ether oxygens (including phenoxy) is 2. The molecule has 0 N–H and O–H groups in total. The van der Waals surface area contributed by atoms with E-state index in [9.17, 15) is 13.2 Å². The predicted molar refractivity (Wildman–Crippen MR) is 67.1 cm³/mol. The fourth-order valence-electron chi connectivity index (χ4n) is 1.10. The molecule has 0 radical (unpaired) electrons. The summed E-state index contributed by atoms with van der Waals surface area (Å²) in [6.45, 7) is 0.351. The molecule has 8 heteroatoms. The molecule has 0 saturated carbocycles. The molecule has 0 bridgehead atoms. The summed E-state index contributed by atoms with van der Waals surface area (Å²) < 4.78 is 45.0. The van der Waals surface area contributed by atoms with Crippen molar-refractivity contribution in [2.24, 2.45) is 0 Å². The van der Waals surface area contributed by atoms with E-state index in [4.69, 9.17) is 27.9 Å². The van der Waals surface area contributed by atoms with Gasteiger partial charge in [-0.05, 0) is 6.42 Å². The molecular formula is C10H8BrCl2F3O2. The van der Waals surface area contributed by atoms with E-state index in [1.807, 2.05) is 0 Å².